The lowest BCUT2D eigenvalue weighted by atomic mass is 10.3. The Morgan fingerprint density at radius 1 is 1.33 bits per heavy atom. The number of ketones is 1. The summed E-state index contributed by atoms with van der Waals surface area (Å²) in [5, 5.41) is 0. The summed E-state index contributed by atoms with van der Waals surface area (Å²) in [6, 6.07) is 0. The van der Waals surface area contributed by atoms with Crippen LogP contribution in [0.3, 0.4) is 0 Å². The molecule has 0 aromatic rings. The van der Waals surface area contributed by atoms with Gasteiger partial charge >= 0.3 is 5.97 Å². The van der Waals surface area contributed by atoms with Crippen LogP contribution < -0.4 is 0 Å². The van der Waals surface area contributed by atoms with E-state index in [0.29, 0.717) is 13.2 Å². The molecule has 15 heavy (non-hydrogen) atoms. The first-order valence-electron chi connectivity index (χ1n) is 5.13. The molecule has 0 radical (unpaired) electrons. The van der Waals surface area contributed by atoms with Gasteiger partial charge in [-0.2, -0.15) is 0 Å². The Labute approximate surface area is 89.3 Å². The fourth-order valence-corrected chi connectivity index (χ4v) is 1.37. The molecule has 1 rings (SSSR count). The Morgan fingerprint density at radius 3 is 2.60 bits per heavy atom. The van der Waals surface area contributed by atoms with Crippen molar-refractivity contribution in [1.82, 2.24) is 4.90 Å². The molecule has 1 aliphatic rings. The van der Waals surface area contributed by atoms with E-state index in [2.05, 4.69) is 4.90 Å². The van der Waals surface area contributed by atoms with Gasteiger partial charge in [-0.05, 0) is 6.92 Å². The molecule has 0 spiro atoms. The van der Waals surface area contributed by atoms with Crippen molar-refractivity contribution in [1.29, 1.82) is 0 Å². The number of nitrogens with zero attached hydrogens (tertiary/aromatic N) is 1. The van der Waals surface area contributed by atoms with E-state index in [-0.39, 0.29) is 12.2 Å². The molecule has 86 valence electrons. The van der Waals surface area contributed by atoms with Crippen LogP contribution >= 0.6 is 0 Å². The average molecular weight is 215 g/mol. The van der Waals surface area contributed by atoms with E-state index >= 15 is 0 Å². The van der Waals surface area contributed by atoms with E-state index in [1.54, 1.807) is 0 Å². The summed E-state index contributed by atoms with van der Waals surface area (Å²) in [5.74, 6) is -0.595. The second-order valence-electron chi connectivity index (χ2n) is 3.55. The largest absolute Gasteiger partial charge is 0.464 e. The smallest absolute Gasteiger partial charge is 0.313 e. The van der Waals surface area contributed by atoms with Crippen LogP contribution in [0.4, 0.5) is 0 Å². The van der Waals surface area contributed by atoms with Gasteiger partial charge in [-0.1, -0.05) is 0 Å². The molecular formula is C10H17NO4. The molecule has 1 aliphatic heterocycles. The number of hydrogen-bond acceptors (Lipinski definition) is 5. The van der Waals surface area contributed by atoms with E-state index in [0.717, 1.165) is 26.3 Å². The summed E-state index contributed by atoms with van der Waals surface area (Å²) in [7, 11) is 0. The lowest BCUT2D eigenvalue weighted by molar-refractivity contribution is -0.146. The Morgan fingerprint density at radius 2 is 2.00 bits per heavy atom. The molecule has 5 nitrogen and oxygen atoms in total. The highest BCUT2D eigenvalue weighted by molar-refractivity contribution is 5.94. The Bertz CT molecular complexity index is 223. The van der Waals surface area contributed by atoms with E-state index in [9.17, 15) is 9.59 Å². The molecule has 0 aromatic carbocycles. The zero-order valence-corrected chi connectivity index (χ0v) is 9.03. The van der Waals surface area contributed by atoms with Gasteiger partial charge in [0.25, 0.3) is 0 Å². The van der Waals surface area contributed by atoms with Gasteiger partial charge in [0, 0.05) is 19.6 Å². The number of carbonyl (C=O) groups is 2. The normalized spacial score (nSPS) is 17.4. The number of esters is 1. The van der Waals surface area contributed by atoms with Crippen molar-refractivity contribution in [2.75, 3.05) is 39.5 Å². The number of ether oxygens (including phenoxy) is 2. The van der Waals surface area contributed by atoms with Crippen molar-refractivity contribution < 1.29 is 19.1 Å². The third kappa shape index (κ3) is 5.49. The van der Waals surface area contributed by atoms with Gasteiger partial charge in [-0.3, -0.25) is 14.5 Å². The van der Waals surface area contributed by atoms with Gasteiger partial charge in [0.05, 0.1) is 13.2 Å². The topological polar surface area (TPSA) is 55.8 Å². The number of rotatable bonds is 5. The van der Waals surface area contributed by atoms with Crippen LogP contribution in [0.5, 0.6) is 0 Å². The minimum Gasteiger partial charge on any atom is -0.464 e. The van der Waals surface area contributed by atoms with Gasteiger partial charge in [0.1, 0.15) is 18.8 Å². The number of Topliss-reactive ketones (excluding diaryl/α,β-unsaturated/α-hetero) is 1. The summed E-state index contributed by atoms with van der Waals surface area (Å²) >= 11 is 0. The third-order valence-corrected chi connectivity index (χ3v) is 2.17. The van der Waals surface area contributed by atoms with Gasteiger partial charge in [-0.15, -0.1) is 0 Å². The van der Waals surface area contributed by atoms with Crippen LogP contribution in [0.25, 0.3) is 0 Å². The molecule has 0 saturated carbocycles. The summed E-state index contributed by atoms with van der Waals surface area (Å²) in [6.07, 6.45) is -0.122. The predicted octanol–water partition coefficient (Wildman–Crippen LogP) is -0.159. The quantitative estimate of drug-likeness (QED) is 0.471. The van der Waals surface area contributed by atoms with Gasteiger partial charge in [0.2, 0.25) is 0 Å². The molecule has 0 aromatic heterocycles. The second kappa shape index (κ2) is 6.53. The molecule has 0 unspecified atom stereocenters. The first kappa shape index (κ1) is 12.1. The molecular weight excluding hydrogens is 198 g/mol. The summed E-state index contributed by atoms with van der Waals surface area (Å²) in [6.45, 7) is 5.68. The Balaban J connectivity index is 2.04. The van der Waals surface area contributed by atoms with E-state index < -0.39 is 5.97 Å². The number of morpholine rings is 1. The maximum atomic E-state index is 11.0. The predicted molar refractivity (Wildman–Crippen MR) is 53.5 cm³/mol. The van der Waals surface area contributed by atoms with Gasteiger partial charge in [0.15, 0.2) is 0 Å². The zero-order valence-electron chi connectivity index (χ0n) is 9.03. The molecule has 1 saturated heterocycles. The van der Waals surface area contributed by atoms with Gasteiger partial charge in [-0.25, -0.2) is 0 Å². The molecule has 5 heteroatoms. The molecule has 0 aliphatic carbocycles. The van der Waals surface area contributed by atoms with E-state index in [1.807, 2.05) is 0 Å². The highest BCUT2D eigenvalue weighted by atomic mass is 16.5. The maximum Gasteiger partial charge on any atom is 0.313 e. The standard InChI is InChI=1S/C10H17NO4/c1-9(12)8-10(13)15-7-4-11-2-5-14-6-3-11/h2-8H2,1H3. The van der Waals surface area contributed by atoms with Crippen LogP contribution in [0.2, 0.25) is 0 Å². The Kier molecular flexibility index (Phi) is 5.28. The van der Waals surface area contributed by atoms with Gasteiger partial charge < -0.3 is 9.47 Å². The van der Waals surface area contributed by atoms with Crippen molar-refractivity contribution in [3.8, 4) is 0 Å². The van der Waals surface area contributed by atoms with E-state index in [4.69, 9.17) is 9.47 Å². The number of hydrogen-bond donors (Lipinski definition) is 0. The highest BCUT2D eigenvalue weighted by Crippen LogP contribution is 1.96. The molecule has 0 bridgehead atoms. The van der Waals surface area contributed by atoms with Crippen molar-refractivity contribution in [3.63, 3.8) is 0 Å². The van der Waals surface area contributed by atoms with Crippen LogP contribution in [0.15, 0.2) is 0 Å². The molecule has 0 N–H and O–H groups in total. The molecule has 1 fully saturated rings. The zero-order chi connectivity index (χ0) is 11.1. The van der Waals surface area contributed by atoms with Crippen molar-refractivity contribution in [2.24, 2.45) is 0 Å². The fourth-order valence-electron chi connectivity index (χ4n) is 1.37. The molecule has 0 amide bonds. The minimum absolute atomic E-state index is 0.122. The summed E-state index contributed by atoms with van der Waals surface area (Å²) in [4.78, 5) is 23.8. The Hall–Kier alpha value is -0.940. The summed E-state index contributed by atoms with van der Waals surface area (Å²) in [5.41, 5.74) is 0. The molecule has 1 heterocycles. The molecule has 0 atom stereocenters. The average Bonchev–Trinajstić information content (AvgIpc) is 2.18. The third-order valence-electron chi connectivity index (χ3n) is 2.17. The fraction of sp³-hybridized carbons (Fsp3) is 0.800. The lowest BCUT2D eigenvalue weighted by Crippen LogP contribution is -2.38. The minimum atomic E-state index is -0.434. The second-order valence-corrected chi connectivity index (χ2v) is 3.55. The van der Waals surface area contributed by atoms with Crippen LogP contribution in [-0.2, 0) is 19.1 Å². The lowest BCUT2D eigenvalue weighted by Gasteiger charge is -2.26. The first-order chi connectivity index (χ1) is 7.18. The number of carbonyl (C=O) groups excluding carboxylic acids is 2. The van der Waals surface area contributed by atoms with E-state index in [1.165, 1.54) is 6.92 Å². The van der Waals surface area contributed by atoms with Crippen LogP contribution in [0.1, 0.15) is 13.3 Å². The maximum absolute atomic E-state index is 11.0. The van der Waals surface area contributed by atoms with Crippen LogP contribution in [-0.4, -0.2) is 56.1 Å². The SMILES string of the molecule is CC(=O)CC(=O)OCCN1CCOCC1. The highest BCUT2D eigenvalue weighted by Gasteiger charge is 2.11. The van der Waals surface area contributed by atoms with Crippen LogP contribution in [0, 0.1) is 0 Å². The van der Waals surface area contributed by atoms with Crippen molar-refractivity contribution >= 4 is 11.8 Å². The first-order valence-corrected chi connectivity index (χ1v) is 5.13. The van der Waals surface area contributed by atoms with Crippen molar-refractivity contribution in [2.45, 2.75) is 13.3 Å². The van der Waals surface area contributed by atoms with Crippen molar-refractivity contribution in [3.05, 3.63) is 0 Å². The monoisotopic (exact) mass is 215 g/mol. The summed E-state index contributed by atoms with van der Waals surface area (Å²) < 4.78 is 10.1.